The molecule has 0 aliphatic carbocycles. The number of aryl methyl sites for hydroxylation is 2. The van der Waals surface area contributed by atoms with Crippen LogP contribution < -0.4 is 10.2 Å². The van der Waals surface area contributed by atoms with Crippen molar-refractivity contribution in [1.82, 2.24) is 19.4 Å². The number of piperazine rings is 1. The molecule has 4 rings (SSSR count). The van der Waals surface area contributed by atoms with Crippen LogP contribution in [-0.2, 0) is 4.79 Å². The lowest BCUT2D eigenvalue weighted by Crippen LogP contribution is -2.48. The molecule has 2 N–H and O–H groups in total. The van der Waals surface area contributed by atoms with Gasteiger partial charge in [-0.25, -0.2) is 4.98 Å². The van der Waals surface area contributed by atoms with E-state index in [-0.39, 0.29) is 23.9 Å². The van der Waals surface area contributed by atoms with Crippen molar-refractivity contribution < 1.29 is 9.90 Å². The molecule has 0 radical (unpaired) electrons. The van der Waals surface area contributed by atoms with Gasteiger partial charge in [-0.05, 0) is 51.3 Å². The van der Waals surface area contributed by atoms with Crippen molar-refractivity contribution in [1.29, 1.82) is 0 Å². The number of aromatic hydroxyl groups is 1. The van der Waals surface area contributed by atoms with Crippen molar-refractivity contribution in [2.45, 2.75) is 53.6 Å². The average Bonchev–Trinajstić information content (AvgIpc) is 3.12. The molecular formula is C25H34N6O2. The van der Waals surface area contributed by atoms with E-state index in [1.807, 2.05) is 29.5 Å². The summed E-state index contributed by atoms with van der Waals surface area (Å²) < 4.78 is 1.82. The molecule has 1 fully saturated rings. The summed E-state index contributed by atoms with van der Waals surface area (Å²) in [5, 5.41) is 15.3. The van der Waals surface area contributed by atoms with Crippen LogP contribution in [0.5, 0.6) is 5.88 Å². The van der Waals surface area contributed by atoms with Crippen molar-refractivity contribution in [2.75, 3.05) is 36.4 Å². The lowest BCUT2D eigenvalue weighted by atomic mass is 10.0. The second-order valence-corrected chi connectivity index (χ2v) is 9.29. The van der Waals surface area contributed by atoms with Crippen LogP contribution in [0.4, 0.5) is 11.8 Å². The van der Waals surface area contributed by atoms with E-state index in [1.54, 1.807) is 6.92 Å². The molecule has 3 aromatic rings. The topological polar surface area (TPSA) is 86.5 Å². The van der Waals surface area contributed by atoms with E-state index < -0.39 is 0 Å². The highest BCUT2D eigenvalue weighted by Gasteiger charge is 2.24. The zero-order chi connectivity index (χ0) is 23.9. The van der Waals surface area contributed by atoms with Gasteiger partial charge in [-0.2, -0.15) is 4.98 Å². The number of carbonyl (C=O) groups is 1. The Bertz CT molecular complexity index is 1180. The number of aromatic nitrogens is 3. The SMILES string of the molecule is CC(=O)N1CCN(c2nc(N[C@H](C)c3ccc(C)c(C)c3)c3cn(C(C)C)c(O)c3n2)CC1. The molecule has 1 amide bonds. The highest BCUT2D eigenvalue weighted by atomic mass is 16.3. The Morgan fingerprint density at radius 3 is 2.36 bits per heavy atom. The highest BCUT2D eigenvalue weighted by molar-refractivity contribution is 5.94. The molecule has 1 aliphatic rings. The van der Waals surface area contributed by atoms with Crippen molar-refractivity contribution in [3.05, 3.63) is 41.1 Å². The number of benzene rings is 1. The minimum atomic E-state index is 0.0225. The highest BCUT2D eigenvalue weighted by Crippen LogP contribution is 2.35. The number of carbonyl (C=O) groups excluding carboxylic acids is 1. The fourth-order valence-electron chi connectivity index (χ4n) is 4.26. The van der Waals surface area contributed by atoms with Gasteiger partial charge in [-0.15, -0.1) is 0 Å². The van der Waals surface area contributed by atoms with E-state index in [4.69, 9.17) is 9.97 Å². The first-order valence-corrected chi connectivity index (χ1v) is 11.6. The molecule has 33 heavy (non-hydrogen) atoms. The molecule has 8 heteroatoms. The van der Waals surface area contributed by atoms with E-state index in [0.717, 1.165) is 5.39 Å². The number of fused-ring (bicyclic) bond motifs is 1. The maximum absolute atomic E-state index is 11.7. The summed E-state index contributed by atoms with van der Waals surface area (Å²) in [6.07, 6.45) is 1.92. The lowest BCUT2D eigenvalue weighted by molar-refractivity contribution is -0.129. The third-order valence-electron chi connectivity index (χ3n) is 6.61. The Kier molecular flexibility index (Phi) is 6.19. The average molecular weight is 451 g/mol. The summed E-state index contributed by atoms with van der Waals surface area (Å²) in [5.41, 5.74) is 4.23. The number of hydrogen-bond acceptors (Lipinski definition) is 6. The first-order chi connectivity index (χ1) is 15.7. The quantitative estimate of drug-likeness (QED) is 0.607. The monoisotopic (exact) mass is 450 g/mol. The van der Waals surface area contributed by atoms with Gasteiger partial charge in [0.1, 0.15) is 11.3 Å². The number of anilines is 2. The van der Waals surface area contributed by atoms with Gasteiger partial charge in [-0.3, -0.25) is 4.79 Å². The van der Waals surface area contributed by atoms with Crippen molar-refractivity contribution >= 4 is 28.6 Å². The minimum absolute atomic E-state index is 0.0225. The van der Waals surface area contributed by atoms with Crippen LogP contribution in [0.3, 0.4) is 0 Å². The first-order valence-electron chi connectivity index (χ1n) is 11.6. The van der Waals surface area contributed by atoms with Crippen LogP contribution in [0, 0.1) is 13.8 Å². The Morgan fingerprint density at radius 1 is 1.06 bits per heavy atom. The molecule has 8 nitrogen and oxygen atoms in total. The van der Waals surface area contributed by atoms with Crippen LogP contribution in [0.2, 0.25) is 0 Å². The molecule has 2 aromatic heterocycles. The van der Waals surface area contributed by atoms with E-state index >= 15 is 0 Å². The first kappa shape index (κ1) is 22.9. The summed E-state index contributed by atoms with van der Waals surface area (Å²) >= 11 is 0. The predicted octanol–water partition coefficient (Wildman–Crippen LogP) is 4.18. The molecule has 3 heterocycles. The van der Waals surface area contributed by atoms with Crippen molar-refractivity contribution in [2.24, 2.45) is 0 Å². The molecule has 1 saturated heterocycles. The predicted molar refractivity (Wildman–Crippen MR) is 132 cm³/mol. The van der Waals surface area contributed by atoms with Crippen LogP contribution in [0.25, 0.3) is 10.9 Å². The maximum atomic E-state index is 11.7. The lowest BCUT2D eigenvalue weighted by Gasteiger charge is -2.34. The fraction of sp³-hybridized carbons (Fsp3) is 0.480. The fourth-order valence-corrected chi connectivity index (χ4v) is 4.26. The summed E-state index contributed by atoms with van der Waals surface area (Å²) in [6, 6.07) is 6.58. The van der Waals surface area contributed by atoms with Crippen molar-refractivity contribution in [3.8, 4) is 5.88 Å². The molecule has 1 aromatic carbocycles. The summed E-state index contributed by atoms with van der Waals surface area (Å²) in [4.78, 5) is 25.3. The molecule has 0 bridgehead atoms. The Hall–Kier alpha value is -3.29. The molecule has 0 saturated carbocycles. The third kappa shape index (κ3) is 4.47. The normalized spacial score (nSPS) is 15.4. The molecule has 176 valence electrons. The molecule has 1 atom stereocenters. The Morgan fingerprint density at radius 2 is 1.76 bits per heavy atom. The van der Waals surface area contributed by atoms with E-state index in [1.165, 1.54) is 16.7 Å². The van der Waals surface area contributed by atoms with Gasteiger partial charge in [0.2, 0.25) is 17.7 Å². The van der Waals surface area contributed by atoms with Crippen LogP contribution >= 0.6 is 0 Å². The second kappa shape index (κ2) is 8.92. The van der Waals surface area contributed by atoms with Gasteiger partial charge in [0.25, 0.3) is 0 Å². The smallest absolute Gasteiger partial charge is 0.228 e. The molecular weight excluding hydrogens is 416 g/mol. The zero-order valence-electron chi connectivity index (χ0n) is 20.4. The standard InChI is InChI=1S/C25H34N6O2/c1-15(2)31-14-21-22(24(31)33)27-25(30-11-9-29(10-12-30)19(6)32)28-23(21)26-18(5)20-8-7-16(3)17(4)13-20/h7-8,13-15,18,33H,9-12H2,1-6H3,(H,26,27,28)/t18-/m1/s1. The van der Waals surface area contributed by atoms with Crippen LogP contribution in [0.15, 0.2) is 24.4 Å². The van der Waals surface area contributed by atoms with E-state index in [9.17, 15) is 9.90 Å². The second-order valence-electron chi connectivity index (χ2n) is 9.29. The number of nitrogens with one attached hydrogen (secondary N) is 1. The summed E-state index contributed by atoms with van der Waals surface area (Å²) in [7, 11) is 0. The number of amides is 1. The zero-order valence-corrected chi connectivity index (χ0v) is 20.4. The van der Waals surface area contributed by atoms with Gasteiger partial charge in [0.15, 0.2) is 0 Å². The number of hydrogen-bond donors (Lipinski definition) is 2. The van der Waals surface area contributed by atoms with Crippen molar-refractivity contribution in [3.63, 3.8) is 0 Å². The van der Waals surface area contributed by atoms with Gasteiger partial charge >= 0.3 is 0 Å². The largest absolute Gasteiger partial charge is 0.493 e. The maximum Gasteiger partial charge on any atom is 0.228 e. The van der Waals surface area contributed by atoms with Crippen LogP contribution in [0.1, 0.15) is 56.5 Å². The Balaban J connectivity index is 1.72. The van der Waals surface area contributed by atoms with Gasteiger partial charge < -0.3 is 24.8 Å². The van der Waals surface area contributed by atoms with E-state index in [0.29, 0.717) is 43.5 Å². The van der Waals surface area contributed by atoms with E-state index in [2.05, 4.69) is 49.2 Å². The van der Waals surface area contributed by atoms with Gasteiger partial charge in [0, 0.05) is 51.4 Å². The van der Waals surface area contributed by atoms with Gasteiger partial charge in [0.05, 0.1) is 5.39 Å². The summed E-state index contributed by atoms with van der Waals surface area (Å²) in [5.74, 6) is 1.50. The molecule has 0 spiro atoms. The molecule has 1 aliphatic heterocycles. The summed E-state index contributed by atoms with van der Waals surface area (Å²) in [6.45, 7) is 14.6. The minimum Gasteiger partial charge on any atom is -0.493 e. The van der Waals surface area contributed by atoms with Gasteiger partial charge in [-0.1, -0.05) is 18.2 Å². The number of rotatable bonds is 5. The number of nitrogens with zero attached hydrogens (tertiary/aromatic N) is 5. The third-order valence-corrected chi connectivity index (χ3v) is 6.61. The van der Waals surface area contributed by atoms with Crippen LogP contribution in [-0.4, -0.2) is 56.6 Å². The Labute approximate surface area is 195 Å². The molecule has 0 unspecified atom stereocenters.